The standard InChI is InChI=1S/C15H12N2O4/c16-11-5-4-10-13-8(11)2-1-3-9(13)14(20)17(15(10)21)7-6-12(18)19/h1-5H,6-7,16H2,(H,18,19). The average Bonchev–Trinajstić information content (AvgIpc) is 2.45. The summed E-state index contributed by atoms with van der Waals surface area (Å²) in [7, 11) is 0. The molecule has 0 unspecified atom stereocenters. The Morgan fingerprint density at radius 2 is 1.76 bits per heavy atom. The summed E-state index contributed by atoms with van der Waals surface area (Å²) in [6.45, 7) is -0.146. The number of nitrogens with two attached hydrogens (primary N) is 1. The summed E-state index contributed by atoms with van der Waals surface area (Å²) in [4.78, 5) is 36.5. The molecular formula is C15H12N2O4. The summed E-state index contributed by atoms with van der Waals surface area (Å²) in [5.41, 5.74) is 7.13. The van der Waals surface area contributed by atoms with Crippen LogP contribution >= 0.6 is 0 Å². The van der Waals surface area contributed by atoms with Crippen molar-refractivity contribution >= 4 is 34.2 Å². The molecule has 0 bridgehead atoms. The van der Waals surface area contributed by atoms with Crippen LogP contribution < -0.4 is 5.73 Å². The monoisotopic (exact) mass is 284 g/mol. The molecule has 6 heteroatoms. The molecule has 2 amide bonds. The molecule has 3 N–H and O–H groups in total. The first-order valence-corrected chi connectivity index (χ1v) is 6.40. The Labute approximate surface area is 119 Å². The second kappa shape index (κ2) is 4.59. The lowest BCUT2D eigenvalue weighted by Crippen LogP contribution is -2.41. The number of carboxylic acids is 1. The first-order valence-electron chi connectivity index (χ1n) is 6.40. The lowest BCUT2D eigenvalue weighted by molar-refractivity contribution is -0.137. The van der Waals surface area contributed by atoms with Crippen LogP contribution in [0, 0.1) is 0 Å². The van der Waals surface area contributed by atoms with Gasteiger partial charge in [0, 0.05) is 34.1 Å². The van der Waals surface area contributed by atoms with Crippen molar-refractivity contribution in [3.63, 3.8) is 0 Å². The maximum Gasteiger partial charge on any atom is 0.305 e. The van der Waals surface area contributed by atoms with E-state index in [1.165, 1.54) is 0 Å². The van der Waals surface area contributed by atoms with Gasteiger partial charge in [-0.3, -0.25) is 19.3 Å². The van der Waals surface area contributed by atoms with E-state index in [1.807, 2.05) is 0 Å². The Kier molecular flexibility index (Phi) is 2.86. The molecule has 2 aromatic carbocycles. The van der Waals surface area contributed by atoms with Gasteiger partial charge in [-0.15, -0.1) is 0 Å². The van der Waals surface area contributed by atoms with E-state index in [1.54, 1.807) is 30.3 Å². The minimum atomic E-state index is -1.06. The molecule has 3 rings (SSSR count). The van der Waals surface area contributed by atoms with Crippen molar-refractivity contribution in [2.45, 2.75) is 6.42 Å². The first kappa shape index (κ1) is 13.1. The van der Waals surface area contributed by atoms with E-state index < -0.39 is 17.8 Å². The number of imide groups is 1. The van der Waals surface area contributed by atoms with E-state index >= 15 is 0 Å². The minimum absolute atomic E-state index is 0.146. The zero-order chi connectivity index (χ0) is 15.1. The number of rotatable bonds is 3. The molecule has 0 spiro atoms. The molecule has 1 aliphatic rings. The molecule has 6 nitrogen and oxygen atoms in total. The zero-order valence-electron chi connectivity index (χ0n) is 11.0. The molecule has 0 fully saturated rings. The molecule has 0 saturated carbocycles. The van der Waals surface area contributed by atoms with Crippen LogP contribution in [-0.2, 0) is 4.79 Å². The van der Waals surface area contributed by atoms with Crippen LogP contribution in [0.25, 0.3) is 10.8 Å². The number of hydrogen-bond donors (Lipinski definition) is 2. The molecule has 0 radical (unpaired) electrons. The van der Waals surface area contributed by atoms with Gasteiger partial charge >= 0.3 is 5.97 Å². The number of nitrogen functional groups attached to an aromatic ring is 1. The lowest BCUT2D eigenvalue weighted by Gasteiger charge is -2.27. The summed E-state index contributed by atoms with van der Waals surface area (Å²) < 4.78 is 0. The van der Waals surface area contributed by atoms with E-state index in [9.17, 15) is 14.4 Å². The fraction of sp³-hybridized carbons (Fsp3) is 0.133. The van der Waals surface area contributed by atoms with Crippen molar-refractivity contribution in [2.75, 3.05) is 12.3 Å². The number of benzene rings is 2. The highest BCUT2D eigenvalue weighted by Crippen LogP contribution is 2.33. The molecule has 0 saturated heterocycles. The fourth-order valence-electron chi connectivity index (χ4n) is 2.58. The van der Waals surface area contributed by atoms with Gasteiger partial charge < -0.3 is 10.8 Å². The predicted molar refractivity (Wildman–Crippen MR) is 76.0 cm³/mol. The Balaban J connectivity index is 2.17. The van der Waals surface area contributed by atoms with Gasteiger partial charge in [-0.2, -0.15) is 0 Å². The van der Waals surface area contributed by atoms with Crippen LogP contribution in [0.3, 0.4) is 0 Å². The van der Waals surface area contributed by atoms with E-state index in [0.717, 1.165) is 4.90 Å². The maximum atomic E-state index is 12.4. The third kappa shape index (κ3) is 1.92. The van der Waals surface area contributed by atoms with Crippen LogP contribution in [0.4, 0.5) is 5.69 Å². The predicted octanol–water partition coefficient (Wildman–Crippen LogP) is 1.49. The van der Waals surface area contributed by atoms with Crippen LogP contribution in [0.15, 0.2) is 30.3 Å². The summed E-state index contributed by atoms with van der Waals surface area (Å²) in [6.07, 6.45) is -0.280. The van der Waals surface area contributed by atoms with Gasteiger partial charge in [-0.1, -0.05) is 12.1 Å². The average molecular weight is 284 g/mol. The van der Waals surface area contributed by atoms with Crippen molar-refractivity contribution in [1.82, 2.24) is 4.90 Å². The number of carboxylic acid groups (broad SMARTS) is 1. The number of nitrogens with zero attached hydrogens (tertiary/aromatic N) is 1. The Bertz CT molecular complexity index is 775. The number of carbonyl (C=O) groups is 3. The van der Waals surface area contributed by atoms with Gasteiger partial charge in [0.15, 0.2) is 0 Å². The SMILES string of the molecule is Nc1ccc2c3c(cccc13)C(=O)N(CCC(=O)O)C2=O. The number of hydrogen-bond acceptors (Lipinski definition) is 4. The second-order valence-electron chi connectivity index (χ2n) is 4.84. The molecule has 2 aromatic rings. The van der Waals surface area contributed by atoms with Gasteiger partial charge in [-0.25, -0.2) is 0 Å². The molecule has 0 aromatic heterocycles. The van der Waals surface area contributed by atoms with E-state index in [2.05, 4.69) is 0 Å². The van der Waals surface area contributed by atoms with Crippen LogP contribution in [0.2, 0.25) is 0 Å². The van der Waals surface area contributed by atoms with E-state index in [0.29, 0.717) is 27.6 Å². The molecule has 21 heavy (non-hydrogen) atoms. The molecule has 106 valence electrons. The number of carbonyl (C=O) groups excluding carboxylic acids is 2. The number of amides is 2. The summed E-state index contributed by atoms with van der Waals surface area (Å²) in [5.74, 6) is -2.02. The highest BCUT2D eigenvalue weighted by Gasteiger charge is 2.33. The smallest absolute Gasteiger partial charge is 0.305 e. The van der Waals surface area contributed by atoms with Gasteiger partial charge in [-0.05, 0) is 18.2 Å². The highest BCUT2D eigenvalue weighted by molar-refractivity contribution is 6.26. The molecule has 0 aliphatic carbocycles. The Hall–Kier alpha value is -2.89. The molecular weight excluding hydrogens is 272 g/mol. The van der Waals surface area contributed by atoms with Gasteiger partial charge in [0.05, 0.1) is 6.42 Å². The second-order valence-corrected chi connectivity index (χ2v) is 4.84. The summed E-state index contributed by atoms with van der Waals surface area (Å²) in [5, 5.41) is 9.93. The highest BCUT2D eigenvalue weighted by atomic mass is 16.4. The fourth-order valence-corrected chi connectivity index (χ4v) is 2.58. The van der Waals surface area contributed by atoms with Crippen molar-refractivity contribution in [2.24, 2.45) is 0 Å². The van der Waals surface area contributed by atoms with E-state index in [4.69, 9.17) is 10.8 Å². The third-order valence-corrected chi connectivity index (χ3v) is 3.57. The lowest BCUT2D eigenvalue weighted by atomic mass is 9.93. The van der Waals surface area contributed by atoms with Crippen molar-refractivity contribution in [3.8, 4) is 0 Å². The Morgan fingerprint density at radius 1 is 1.10 bits per heavy atom. The normalized spacial score (nSPS) is 13.8. The quantitative estimate of drug-likeness (QED) is 0.657. The van der Waals surface area contributed by atoms with Gasteiger partial charge in [0.25, 0.3) is 11.8 Å². The molecule has 1 aliphatic heterocycles. The summed E-state index contributed by atoms with van der Waals surface area (Å²) in [6, 6.07) is 8.26. The van der Waals surface area contributed by atoms with E-state index in [-0.39, 0.29) is 13.0 Å². The van der Waals surface area contributed by atoms with Crippen LogP contribution in [0.5, 0.6) is 0 Å². The minimum Gasteiger partial charge on any atom is -0.481 e. The number of anilines is 1. The van der Waals surface area contributed by atoms with Gasteiger partial charge in [0.1, 0.15) is 0 Å². The third-order valence-electron chi connectivity index (χ3n) is 3.57. The Morgan fingerprint density at radius 3 is 2.43 bits per heavy atom. The largest absolute Gasteiger partial charge is 0.481 e. The maximum absolute atomic E-state index is 12.4. The first-order chi connectivity index (χ1) is 10.0. The topological polar surface area (TPSA) is 101 Å². The molecule has 1 heterocycles. The van der Waals surface area contributed by atoms with Crippen LogP contribution in [-0.4, -0.2) is 34.3 Å². The number of aliphatic carboxylic acids is 1. The van der Waals surface area contributed by atoms with Gasteiger partial charge in [0.2, 0.25) is 0 Å². The summed E-state index contributed by atoms with van der Waals surface area (Å²) >= 11 is 0. The van der Waals surface area contributed by atoms with Crippen molar-refractivity contribution < 1.29 is 19.5 Å². The zero-order valence-corrected chi connectivity index (χ0v) is 11.0. The van der Waals surface area contributed by atoms with Crippen molar-refractivity contribution in [1.29, 1.82) is 0 Å². The van der Waals surface area contributed by atoms with Crippen molar-refractivity contribution in [3.05, 3.63) is 41.5 Å². The van der Waals surface area contributed by atoms with Crippen LogP contribution in [0.1, 0.15) is 27.1 Å². The molecule has 0 atom stereocenters.